The molecule has 0 aromatic heterocycles. The Morgan fingerprint density at radius 2 is 1.23 bits per heavy atom. The Kier molecular flexibility index (Phi) is 7.21. The fraction of sp³-hybridized carbons (Fsp3) is 0. The number of carboxylic acid groups (broad SMARTS) is 1. The number of halogens is 4. The normalized spacial score (nSPS) is 10.0. The number of carboxylic acids is 1. The van der Waals surface area contributed by atoms with E-state index in [0.717, 1.165) is 0 Å². The van der Waals surface area contributed by atoms with Crippen molar-refractivity contribution in [1.82, 2.24) is 0 Å². The summed E-state index contributed by atoms with van der Waals surface area (Å²) < 4.78 is 0. The van der Waals surface area contributed by atoms with Crippen LogP contribution in [0.1, 0.15) is 26.3 Å². The third-order valence-corrected chi connectivity index (χ3v) is 4.55. The van der Waals surface area contributed by atoms with E-state index in [4.69, 9.17) is 46.4 Å². The number of hydrogen-bond donors (Lipinski definition) is 1. The van der Waals surface area contributed by atoms with Gasteiger partial charge in [0.15, 0.2) is 5.78 Å². The van der Waals surface area contributed by atoms with Crippen molar-refractivity contribution in [2.45, 2.75) is 0 Å². The van der Waals surface area contributed by atoms with Gasteiger partial charge < -0.3 is 5.11 Å². The summed E-state index contributed by atoms with van der Waals surface area (Å²) in [5.41, 5.74) is -0.490. The maximum absolute atomic E-state index is 12.5. The first kappa shape index (κ1) is 19.8. The van der Waals surface area contributed by atoms with Crippen molar-refractivity contribution in [2.24, 2.45) is 0 Å². The third kappa shape index (κ3) is 3.62. The zero-order valence-electron chi connectivity index (χ0n) is 11.2. The molecule has 0 heterocycles. The van der Waals surface area contributed by atoms with Crippen LogP contribution in [0.25, 0.3) is 0 Å². The topological polar surface area (TPSA) is 54.4 Å². The second-order valence-electron chi connectivity index (χ2n) is 4.01. The van der Waals surface area contributed by atoms with Crippen LogP contribution in [0.2, 0.25) is 20.1 Å². The number of aromatic carboxylic acids is 1. The summed E-state index contributed by atoms with van der Waals surface area (Å²) in [6, 6.07) is 8.06. The van der Waals surface area contributed by atoms with Crippen LogP contribution in [0.15, 0.2) is 30.3 Å². The van der Waals surface area contributed by atoms with E-state index in [1.165, 1.54) is 12.1 Å². The SMILES string of the molecule is O=C(O)c1c(Cl)c(Cl)c(Cl)c(Cl)c1C(=O)c1ccccc1.[Na+]. The molecule has 0 radical (unpaired) electrons. The summed E-state index contributed by atoms with van der Waals surface area (Å²) in [5.74, 6) is -2.02. The first-order valence-corrected chi connectivity index (χ1v) is 7.06. The van der Waals surface area contributed by atoms with E-state index >= 15 is 0 Å². The minimum atomic E-state index is -1.42. The largest absolute Gasteiger partial charge is 1.00 e. The number of carbonyl (C=O) groups excluding carboxylic acids is 1. The molecule has 0 aliphatic heterocycles. The predicted octanol–water partition coefficient (Wildman–Crippen LogP) is 2.23. The minimum absolute atomic E-state index is 0. The average Bonchev–Trinajstić information content (AvgIpc) is 2.48. The van der Waals surface area contributed by atoms with E-state index in [1.807, 2.05) is 0 Å². The number of ketones is 1. The number of carbonyl (C=O) groups is 2. The van der Waals surface area contributed by atoms with Gasteiger partial charge in [0.2, 0.25) is 0 Å². The molecule has 108 valence electrons. The average molecular weight is 387 g/mol. The van der Waals surface area contributed by atoms with Gasteiger partial charge in [-0.1, -0.05) is 76.7 Å². The van der Waals surface area contributed by atoms with E-state index in [2.05, 4.69) is 0 Å². The van der Waals surface area contributed by atoms with E-state index in [-0.39, 0.29) is 60.8 Å². The predicted molar refractivity (Wildman–Crippen MR) is 83.3 cm³/mol. The second-order valence-corrected chi connectivity index (χ2v) is 5.52. The summed E-state index contributed by atoms with van der Waals surface area (Å²) >= 11 is 23.6. The fourth-order valence-electron chi connectivity index (χ4n) is 1.78. The van der Waals surface area contributed by atoms with Crippen LogP contribution in [-0.4, -0.2) is 16.9 Å². The van der Waals surface area contributed by atoms with Crippen molar-refractivity contribution in [3.05, 3.63) is 67.1 Å². The molecule has 0 aliphatic rings. The first-order chi connectivity index (χ1) is 9.86. The minimum Gasteiger partial charge on any atom is -0.478 e. The van der Waals surface area contributed by atoms with Crippen LogP contribution in [0.5, 0.6) is 0 Å². The van der Waals surface area contributed by atoms with E-state index in [0.29, 0.717) is 0 Å². The van der Waals surface area contributed by atoms with Gasteiger partial charge in [0.1, 0.15) is 0 Å². The zero-order valence-corrected chi connectivity index (χ0v) is 16.2. The van der Waals surface area contributed by atoms with Crippen LogP contribution in [0.3, 0.4) is 0 Å². The summed E-state index contributed by atoms with van der Waals surface area (Å²) in [5, 5.41) is 8.36. The Balaban J connectivity index is 0.00000242. The molecule has 2 aromatic rings. The molecule has 0 amide bonds. The molecule has 0 spiro atoms. The van der Waals surface area contributed by atoms with Crippen molar-refractivity contribution in [1.29, 1.82) is 0 Å². The van der Waals surface area contributed by atoms with Crippen molar-refractivity contribution < 1.29 is 44.3 Å². The van der Waals surface area contributed by atoms with Crippen molar-refractivity contribution in [2.75, 3.05) is 0 Å². The molecule has 0 saturated heterocycles. The summed E-state index contributed by atoms with van der Waals surface area (Å²) in [6.45, 7) is 0. The zero-order chi connectivity index (χ0) is 15.7. The van der Waals surface area contributed by atoms with Crippen LogP contribution >= 0.6 is 46.4 Å². The van der Waals surface area contributed by atoms with E-state index < -0.39 is 17.3 Å². The number of rotatable bonds is 3. The molecule has 8 heteroatoms. The Hall–Kier alpha value is -0.260. The molecular weight excluding hydrogens is 381 g/mol. The molecule has 2 rings (SSSR count). The van der Waals surface area contributed by atoms with Crippen molar-refractivity contribution in [3.63, 3.8) is 0 Å². The molecule has 3 nitrogen and oxygen atoms in total. The monoisotopic (exact) mass is 385 g/mol. The van der Waals surface area contributed by atoms with Gasteiger partial charge in [0.25, 0.3) is 0 Å². The molecule has 2 aromatic carbocycles. The summed E-state index contributed by atoms with van der Waals surface area (Å²) in [4.78, 5) is 23.9. The molecule has 0 atom stereocenters. The van der Waals surface area contributed by atoms with Crippen LogP contribution < -0.4 is 29.6 Å². The van der Waals surface area contributed by atoms with Crippen molar-refractivity contribution in [3.8, 4) is 0 Å². The second kappa shape index (κ2) is 8.02. The molecule has 0 unspecified atom stereocenters. The van der Waals surface area contributed by atoms with Gasteiger partial charge in [-0.15, -0.1) is 0 Å². The van der Waals surface area contributed by atoms with Gasteiger partial charge in [-0.2, -0.15) is 0 Å². The molecule has 22 heavy (non-hydrogen) atoms. The molecule has 0 aliphatic carbocycles. The number of benzene rings is 2. The fourth-order valence-corrected chi connectivity index (χ4v) is 2.80. The van der Waals surface area contributed by atoms with Crippen LogP contribution in [-0.2, 0) is 0 Å². The smallest absolute Gasteiger partial charge is 0.478 e. The van der Waals surface area contributed by atoms with Gasteiger partial charge >= 0.3 is 35.5 Å². The Morgan fingerprint density at radius 1 is 0.773 bits per heavy atom. The van der Waals surface area contributed by atoms with Crippen molar-refractivity contribution >= 4 is 58.2 Å². The first-order valence-electron chi connectivity index (χ1n) is 5.55. The van der Waals surface area contributed by atoms with Crippen LogP contribution in [0.4, 0.5) is 0 Å². The van der Waals surface area contributed by atoms with Gasteiger partial charge in [-0.25, -0.2) is 4.79 Å². The maximum atomic E-state index is 12.5. The summed E-state index contributed by atoms with van der Waals surface area (Å²) in [6.07, 6.45) is 0. The van der Waals surface area contributed by atoms with Gasteiger partial charge in [-0.05, 0) is 0 Å². The van der Waals surface area contributed by atoms with Gasteiger partial charge in [0.05, 0.1) is 31.2 Å². The van der Waals surface area contributed by atoms with Gasteiger partial charge in [0, 0.05) is 5.56 Å². The molecule has 0 bridgehead atoms. The third-order valence-electron chi connectivity index (χ3n) is 2.74. The van der Waals surface area contributed by atoms with Crippen LogP contribution in [0, 0.1) is 0 Å². The quantitative estimate of drug-likeness (QED) is 0.381. The molecule has 1 N–H and O–H groups in total. The molecular formula is C14H6Cl4NaO3+. The standard InChI is InChI=1S/C14H6Cl4O3.Na/c15-9-7(13(19)6-4-2-1-3-5-6)8(14(20)21)10(16)12(18)11(9)17;/h1-5H,(H,20,21);/q;+1. The molecule has 0 saturated carbocycles. The molecule has 0 fully saturated rings. The maximum Gasteiger partial charge on any atom is 1.00 e. The van der Waals surface area contributed by atoms with E-state index in [9.17, 15) is 14.7 Å². The Morgan fingerprint density at radius 3 is 1.68 bits per heavy atom. The Labute approximate surface area is 168 Å². The van der Waals surface area contributed by atoms with Gasteiger partial charge in [-0.3, -0.25) is 4.79 Å². The van der Waals surface area contributed by atoms with E-state index in [1.54, 1.807) is 18.2 Å². The summed E-state index contributed by atoms with van der Waals surface area (Å²) in [7, 11) is 0. The number of hydrogen-bond acceptors (Lipinski definition) is 2. The Bertz CT molecular complexity index is 748.